The van der Waals surface area contributed by atoms with Gasteiger partial charge in [-0.25, -0.2) is 19.3 Å². The van der Waals surface area contributed by atoms with Crippen LogP contribution in [0, 0.1) is 20.8 Å². The number of hydrogen-bond donors (Lipinski definition) is 1. The third-order valence-electron chi connectivity index (χ3n) is 6.88. The maximum Gasteiger partial charge on any atom is 0.330 e. The summed E-state index contributed by atoms with van der Waals surface area (Å²) in [5.74, 6) is 1.71. The second-order valence-electron chi connectivity index (χ2n) is 9.54. The summed E-state index contributed by atoms with van der Waals surface area (Å²) in [5, 5.41) is 5.30. The molecule has 1 N–H and O–H groups in total. The van der Waals surface area contributed by atoms with E-state index in [0.717, 1.165) is 41.8 Å². The minimum absolute atomic E-state index is 0.318. The van der Waals surface area contributed by atoms with Crippen LogP contribution in [0.3, 0.4) is 0 Å². The lowest BCUT2D eigenvalue weighted by Crippen LogP contribution is -2.31. The summed E-state index contributed by atoms with van der Waals surface area (Å²) in [6.45, 7) is 11.1. The number of benzene rings is 1. The number of imidazole rings is 1. The summed E-state index contributed by atoms with van der Waals surface area (Å²) in [4.78, 5) is 42.2. The third-order valence-corrected chi connectivity index (χ3v) is 7.72. The average molecular weight is 533 g/mol. The molecule has 4 aromatic heterocycles. The molecule has 0 amide bonds. The predicted octanol–water partition coefficient (Wildman–Crippen LogP) is 3.95. The zero-order valence-corrected chi connectivity index (χ0v) is 23.2. The molecular formula is C27H32N8O2S. The number of aromatic nitrogens is 8. The van der Waals surface area contributed by atoms with Crippen molar-refractivity contribution < 1.29 is 0 Å². The topological polar surface area (TPSA) is 116 Å². The van der Waals surface area contributed by atoms with Gasteiger partial charge in [0.2, 0.25) is 5.16 Å². The van der Waals surface area contributed by atoms with Gasteiger partial charge in [-0.2, -0.15) is 4.98 Å². The average Bonchev–Trinajstić information content (AvgIpc) is 3.47. The summed E-state index contributed by atoms with van der Waals surface area (Å²) in [5.41, 5.74) is 5.24. The van der Waals surface area contributed by atoms with Crippen LogP contribution in [0.5, 0.6) is 0 Å². The monoisotopic (exact) mass is 532 g/mol. The fraction of sp³-hybridized carbons (Fsp3) is 0.407. The maximum absolute atomic E-state index is 12.8. The highest BCUT2D eigenvalue weighted by molar-refractivity contribution is 7.98. The minimum Gasteiger partial charge on any atom is -0.322 e. The molecule has 1 aromatic carbocycles. The van der Waals surface area contributed by atoms with E-state index in [1.165, 1.54) is 21.9 Å². The van der Waals surface area contributed by atoms with Crippen LogP contribution in [0.4, 0.5) is 0 Å². The van der Waals surface area contributed by atoms with E-state index in [1.807, 2.05) is 54.1 Å². The van der Waals surface area contributed by atoms with E-state index in [-0.39, 0.29) is 0 Å². The van der Waals surface area contributed by atoms with Crippen molar-refractivity contribution in [1.82, 2.24) is 38.7 Å². The second kappa shape index (κ2) is 10.6. The molecule has 0 spiro atoms. The highest BCUT2D eigenvalue weighted by atomic mass is 32.2. The first kappa shape index (κ1) is 25.9. The Kier molecular flexibility index (Phi) is 7.20. The molecule has 0 fully saturated rings. The van der Waals surface area contributed by atoms with Crippen LogP contribution in [0.15, 0.2) is 39.0 Å². The van der Waals surface area contributed by atoms with Gasteiger partial charge in [0, 0.05) is 17.9 Å². The van der Waals surface area contributed by atoms with Gasteiger partial charge < -0.3 is 4.57 Å². The summed E-state index contributed by atoms with van der Waals surface area (Å²) < 4.78 is 5.20. The number of rotatable bonds is 9. The smallest absolute Gasteiger partial charge is 0.322 e. The number of aryl methyl sites for hydroxylation is 4. The van der Waals surface area contributed by atoms with Gasteiger partial charge in [0.05, 0.1) is 12.3 Å². The van der Waals surface area contributed by atoms with Crippen LogP contribution >= 0.6 is 11.8 Å². The Morgan fingerprint density at radius 3 is 2.45 bits per heavy atom. The number of fused-ring (bicyclic) bond motifs is 2. The molecule has 38 heavy (non-hydrogen) atoms. The zero-order valence-electron chi connectivity index (χ0n) is 22.4. The number of thioether (sulfide) groups is 1. The third kappa shape index (κ3) is 4.78. The molecule has 0 bridgehead atoms. The van der Waals surface area contributed by atoms with E-state index in [1.54, 1.807) is 0 Å². The van der Waals surface area contributed by atoms with Gasteiger partial charge in [0.15, 0.2) is 11.2 Å². The van der Waals surface area contributed by atoms with Crippen molar-refractivity contribution >= 4 is 28.7 Å². The number of nitrogens with one attached hydrogen (secondary N) is 1. The molecule has 0 aliphatic carbocycles. The summed E-state index contributed by atoms with van der Waals surface area (Å²) in [6.07, 6.45) is 3.20. The lowest BCUT2D eigenvalue weighted by atomic mass is 10.1. The first-order chi connectivity index (χ1) is 18.3. The Hall–Kier alpha value is -3.73. The molecule has 0 saturated carbocycles. The Bertz CT molecular complexity index is 1740. The first-order valence-electron chi connectivity index (χ1n) is 12.9. The van der Waals surface area contributed by atoms with Crippen LogP contribution in [-0.2, 0) is 25.3 Å². The Morgan fingerprint density at radius 2 is 1.74 bits per heavy atom. The molecule has 0 atom stereocenters. The van der Waals surface area contributed by atoms with E-state index < -0.39 is 11.2 Å². The lowest BCUT2D eigenvalue weighted by Gasteiger charge is -2.09. The van der Waals surface area contributed by atoms with Crippen LogP contribution in [0.25, 0.3) is 16.9 Å². The summed E-state index contributed by atoms with van der Waals surface area (Å²) in [6, 6.07) is 7.96. The number of aromatic amines is 1. The van der Waals surface area contributed by atoms with E-state index >= 15 is 0 Å². The predicted molar refractivity (Wildman–Crippen MR) is 149 cm³/mol. The number of nitrogens with zero attached hydrogens (tertiary/aromatic N) is 7. The molecular weight excluding hydrogens is 500 g/mol. The number of hydrogen-bond acceptors (Lipinski definition) is 7. The molecule has 5 aromatic rings. The largest absolute Gasteiger partial charge is 0.330 e. The standard InChI is InChI=1S/C27H32N8O2S/c1-6-8-9-20-17(4)28-25-31-26(32-35(25)18(20)5)38-15-21-29-23-22(33(21)7-2)24(36)30-27(37)34(23)14-19-12-10-16(3)11-13-19/h10-13H,6-9,14-15H2,1-5H3,(H,30,36,37). The number of H-pyrrole nitrogens is 1. The molecule has 5 rings (SSSR count). The fourth-order valence-corrected chi connectivity index (χ4v) is 5.55. The normalized spacial score (nSPS) is 11.7. The molecule has 11 heteroatoms. The second-order valence-corrected chi connectivity index (χ2v) is 10.5. The molecule has 0 aliphatic rings. The van der Waals surface area contributed by atoms with Gasteiger partial charge in [0.1, 0.15) is 5.82 Å². The van der Waals surface area contributed by atoms with Gasteiger partial charge in [-0.15, -0.1) is 5.10 Å². The van der Waals surface area contributed by atoms with E-state index in [4.69, 9.17) is 10.1 Å². The summed E-state index contributed by atoms with van der Waals surface area (Å²) >= 11 is 1.44. The first-order valence-corrected chi connectivity index (χ1v) is 13.9. The lowest BCUT2D eigenvalue weighted by molar-refractivity contribution is 0.736. The van der Waals surface area contributed by atoms with E-state index in [0.29, 0.717) is 46.8 Å². The molecule has 10 nitrogen and oxygen atoms in total. The molecule has 0 aliphatic heterocycles. The molecule has 198 valence electrons. The quantitative estimate of drug-likeness (QED) is 0.286. The van der Waals surface area contributed by atoms with Crippen LogP contribution < -0.4 is 11.2 Å². The fourth-order valence-electron chi connectivity index (χ4n) is 4.79. The summed E-state index contributed by atoms with van der Waals surface area (Å²) in [7, 11) is 0. The van der Waals surface area contributed by atoms with Crippen molar-refractivity contribution in [3.05, 3.63) is 79.0 Å². The highest BCUT2D eigenvalue weighted by Gasteiger charge is 2.20. The molecule has 0 saturated heterocycles. The number of unbranched alkanes of at least 4 members (excludes halogenated alkanes) is 1. The highest BCUT2D eigenvalue weighted by Crippen LogP contribution is 2.24. The SMILES string of the molecule is CCCCc1c(C)nc2nc(SCc3nc4c(c(=O)[nH]c(=O)n4Cc4ccc(C)cc4)n3CC)nn2c1C. The van der Waals surface area contributed by atoms with Crippen LogP contribution in [0.1, 0.15) is 60.6 Å². The van der Waals surface area contributed by atoms with Gasteiger partial charge in [-0.1, -0.05) is 54.9 Å². The zero-order chi connectivity index (χ0) is 27.0. The van der Waals surface area contributed by atoms with Crippen molar-refractivity contribution in [2.75, 3.05) is 0 Å². The van der Waals surface area contributed by atoms with Gasteiger partial charge in [-0.05, 0) is 51.7 Å². The maximum atomic E-state index is 12.8. The minimum atomic E-state index is -0.471. The Labute approximate surface area is 224 Å². The van der Waals surface area contributed by atoms with Crippen molar-refractivity contribution in [2.45, 2.75) is 77.9 Å². The molecule has 0 unspecified atom stereocenters. The van der Waals surface area contributed by atoms with Crippen molar-refractivity contribution in [3.8, 4) is 0 Å². The Balaban J connectivity index is 1.49. The van der Waals surface area contributed by atoms with E-state index in [2.05, 4.69) is 28.8 Å². The van der Waals surface area contributed by atoms with Crippen LogP contribution in [-0.4, -0.2) is 38.7 Å². The van der Waals surface area contributed by atoms with Crippen molar-refractivity contribution in [1.29, 1.82) is 0 Å². The van der Waals surface area contributed by atoms with Gasteiger partial charge in [-0.3, -0.25) is 14.3 Å². The molecule has 0 radical (unpaired) electrons. The van der Waals surface area contributed by atoms with Crippen molar-refractivity contribution in [2.24, 2.45) is 0 Å². The van der Waals surface area contributed by atoms with Gasteiger partial charge >= 0.3 is 5.69 Å². The van der Waals surface area contributed by atoms with E-state index in [9.17, 15) is 9.59 Å². The molecule has 4 heterocycles. The Morgan fingerprint density at radius 1 is 0.974 bits per heavy atom. The van der Waals surface area contributed by atoms with Crippen molar-refractivity contribution in [3.63, 3.8) is 0 Å². The van der Waals surface area contributed by atoms with Gasteiger partial charge in [0.25, 0.3) is 11.3 Å². The van der Waals surface area contributed by atoms with Crippen LogP contribution in [0.2, 0.25) is 0 Å².